The second kappa shape index (κ2) is 5.90. The Morgan fingerprint density at radius 1 is 1.21 bits per heavy atom. The van der Waals surface area contributed by atoms with Crippen molar-refractivity contribution < 1.29 is 0 Å². The summed E-state index contributed by atoms with van der Waals surface area (Å²) in [4.78, 5) is 17.6. The van der Waals surface area contributed by atoms with E-state index in [0.717, 1.165) is 35.4 Å². The van der Waals surface area contributed by atoms with Gasteiger partial charge in [0.15, 0.2) is 0 Å². The van der Waals surface area contributed by atoms with Crippen LogP contribution < -0.4 is 5.56 Å². The van der Waals surface area contributed by atoms with Crippen molar-refractivity contribution in [2.45, 2.75) is 39.0 Å². The minimum atomic E-state index is -0.0167. The number of benzene rings is 1. The Labute approximate surface area is 151 Å². The van der Waals surface area contributed by atoms with Crippen LogP contribution in [0.2, 0.25) is 0 Å². The first-order chi connectivity index (χ1) is 10.9. The molecule has 24 heavy (non-hydrogen) atoms. The van der Waals surface area contributed by atoms with Crippen LogP contribution in [0.25, 0.3) is 16.3 Å². The second-order valence-corrected chi connectivity index (χ2v) is 7.86. The fourth-order valence-corrected chi connectivity index (χ4v) is 4.04. The molecule has 0 radical (unpaired) electrons. The third-order valence-corrected chi connectivity index (χ3v) is 5.17. The average Bonchev–Trinajstić information content (AvgIpc) is 3.12. The summed E-state index contributed by atoms with van der Waals surface area (Å²) in [6, 6.07) is 8.17. The van der Waals surface area contributed by atoms with E-state index >= 15 is 0 Å². The number of hydrogen-bond acceptors (Lipinski definition) is 3. The predicted octanol–water partition coefficient (Wildman–Crippen LogP) is 4.11. The molecular formula is C18H20ClN3OS. The standard InChI is InChI=1S/C18H19N3OS.ClH/c1-18(2,3)14-10-23-17(19-14)21-16(22)15-12-7-5-4-6-11(12)8-9-13(15)20-21;/h4-7,10,20H,8-9H2,1-3H3;1H. The van der Waals surface area contributed by atoms with Crippen molar-refractivity contribution in [2.24, 2.45) is 0 Å². The molecule has 3 aromatic rings. The van der Waals surface area contributed by atoms with Gasteiger partial charge < -0.3 is 0 Å². The van der Waals surface area contributed by atoms with Gasteiger partial charge in [0.1, 0.15) is 0 Å². The summed E-state index contributed by atoms with van der Waals surface area (Å²) in [7, 11) is 0. The first kappa shape index (κ1) is 17.0. The predicted molar refractivity (Wildman–Crippen MR) is 101 cm³/mol. The quantitative estimate of drug-likeness (QED) is 0.709. The van der Waals surface area contributed by atoms with Crippen molar-refractivity contribution in [1.82, 2.24) is 14.8 Å². The highest BCUT2D eigenvalue weighted by Crippen LogP contribution is 2.31. The van der Waals surface area contributed by atoms with Crippen LogP contribution >= 0.6 is 23.7 Å². The van der Waals surface area contributed by atoms with E-state index in [1.807, 2.05) is 23.6 Å². The van der Waals surface area contributed by atoms with Gasteiger partial charge in [-0.3, -0.25) is 9.89 Å². The van der Waals surface area contributed by atoms with E-state index in [1.165, 1.54) is 16.9 Å². The second-order valence-electron chi connectivity index (χ2n) is 7.03. The summed E-state index contributed by atoms with van der Waals surface area (Å²) in [6.07, 6.45) is 1.83. The van der Waals surface area contributed by atoms with Crippen molar-refractivity contribution >= 4 is 23.7 Å². The van der Waals surface area contributed by atoms with Gasteiger partial charge in [-0.2, -0.15) is 4.68 Å². The van der Waals surface area contributed by atoms with E-state index in [0.29, 0.717) is 5.13 Å². The van der Waals surface area contributed by atoms with Gasteiger partial charge in [-0.1, -0.05) is 45.0 Å². The maximum absolute atomic E-state index is 12.9. The van der Waals surface area contributed by atoms with Gasteiger partial charge in [0, 0.05) is 16.5 Å². The molecule has 0 unspecified atom stereocenters. The summed E-state index contributed by atoms with van der Waals surface area (Å²) >= 11 is 1.51. The lowest BCUT2D eigenvalue weighted by atomic mass is 9.90. The molecule has 0 fully saturated rings. The number of aromatic amines is 1. The smallest absolute Gasteiger partial charge is 0.281 e. The number of nitrogens with one attached hydrogen (secondary N) is 1. The number of halogens is 1. The molecule has 2 aromatic heterocycles. The molecule has 0 spiro atoms. The highest BCUT2D eigenvalue weighted by molar-refractivity contribution is 7.12. The lowest BCUT2D eigenvalue weighted by Crippen LogP contribution is -2.17. The van der Waals surface area contributed by atoms with Crippen molar-refractivity contribution in [3.8, 4) is 16.3 Å². The maximum atomic E-state index is 12.9. The van der Waals surface area contributed by atoms with Crippen LogP contribution in [0.1, 0.15) is 37.7 Å². The topological polar surface area (TPSA) is 50.7 Å². The first-order valence-electron chi connectivity index (χ1n) is 7.84. The minimum Gasteiger partial charge on any atom is -0.292 e. The monoisotopic (exact) mass is 361 g/mol. The summed E-state index contributed by atoms with van der Waals surface area (Å²) in [5, 5.41) is 6.03. The Morgan fingerprint density at radius 2 is 1.96 bits per heavy atom. The summed E-state index contributed by atoms with van der Waals surface area (Å²) < 4.78 is 1.60. The highest BCUT2D eigenvalue weighted by Gasteiger charge is 2.25. The number of rotatable bonds is 1. The average molecular weight is 362 g/mol. The molecule has 4 rings (SSSR count). The largest absolute Gasteiger partial charge is 0.292 e. The highest BCUT2D eigenvalue weighted by atomic mass is 35.5. The van der Waals surface area contributed by atoms with Crippen LogP contribution in [0.5, 0.6) is 0 Å². The summed E-state index contributed by atoms with van der Waals surface area (Å²) in [6.45, 7) is 6.39. The van der Waals surface area contributed by atoms with E-state index in [2.05, 4.69) is 36.9 Å². The van der Waals surface area contributed by atoms with Crippen molar-refractivity contribution in [2.75, 3.05) is 0 Å². The van der Waals surface area contributed by atoms with Crippen LogP contribution in [-0.2, 0) is 18.3 Å². The summed E-state index contributed by atoms with van der Waals surface area (Å²) in [5.74, 6) is 0. The minimum absolute atomic E-state index is 0. The molecule has 1 aromatic carbocycles. The van der Waals surface area contributed by atoms with Gasteiger partial charge >= 0.3 is 0 Å². The molecule has 0 aliphatic heterocycles. The van der Waals surface area contributed by atoms with Crippen LogP contribution in [0.3, 0.4) is 0 Å². The number of nitrogens with zero attached hydrogens (tertiary/aromatic N) is 2. The zero-order chi connectivity index (χ0) is 16.2. The van der Waals surface area contributed by atoms with Crippen molar-refractivity contribution in [3.05, 3.63) is 57.0 Å². The van der Waals surface area contributed by atoms with Gasteiger partial charge in [-0.15, -0.1) is 23.7 Å². The molecule has 126 valence electrons. The van der Waals surface area contributed by atoms with Gasteiger partial charge in [0.2, 0.25) is 5.13 Å². The lowest BCUT2D eigenvalue weighted by Gasteiger charge is -2.14. The molecule has 1 aliphatic rings. The third-order valence-electron chi connectivity index (χ3n) is 4.35. The molecule has 0 saturated carbocycles. The Kier molecular flexibility index (Phi) is 4.18. The first-order valence-corrected chi connectivity index (χ1v) is 8.71. The van der Waals surface area contributed by atoms with Crippen LogP contribution in [0.4, 0.5) is 0 Å². The Hall–Kier alpha value is -1.85. The van der Waals surface area contributed by atoms with Gasteiger partial charge in [-0.25, -0.2) is 4.98 Å². The molecule has 1 N–H and O–H groups in total. The van der Waals surface area contributed by atoms with E-state index < -0.39 is 0 Å². The van der Waals surface area contributed by atoms with Crippen molar-refractivity contribution in [3.63, 3.8) is 0 Å². The molecule has 0 amide bonds. The van der Waals surface area contributed by atoms with E-state index in [4.69, 9.17) is 0 Å². The maximum Gasteiger partial charge on any atom is 0.281 e. The molecule has 1 aliphatic carbocycles. The van der Waals surface area contributed by atoms with Crippen LogP contribution in [-0.4, -0.2) is 14.8 Å². The number of aromatic nitrogens is 3. The lowest BCUT2D eigenvalue weighted by molar-refractivity contribution is 0.571. The number of fused-ring (bicyclic) bond motifs is 3. The zero-order valence-corrected chi connectivity index (χ0v) is 15.6. The van der Waals surface area contributed by atoms with E-state index in [1.54, 1.807) is 4.68 Å². The number of aryl methyl sites for hydroxylation is 2. The molecule has 6 heteroatoms. The van der Waals surface area contributed by atoms with Crippen molar-refractivity contribution in [1.29, 1.82) is 0 Å². The number of hydrogen-bond donors (Lipinski definition) is 1. The Balaban J connectivity index is 0.00000169. The molecular weight excluding hydrogens is 342 g/mol. The van der Waals surface area contributed by atoms with Gasteiger partial charge in [0.05, 0.1) is 11.3 Å². The van der Waals surface area contributed by atoms with E-state index in [-0.39, 0.29) is 23.4 Å². The molecule has 0 saturated heterocycles. The van der Waals surface area contributed by atoms with Gasteiger partial charge in [0.25, 0.3) is 5.56 Å². The SMILES string of the molecule is CC(C)(C)c1csc(-n2[nH]c3c(c2=O)-c2ccccc2CC3)n1.Cl. The van der Waals surface area contributed by atoms with Gasteiger partial charge in [-0.05, 0) is 24.0 Å². The fourth-order valence-electron chi connectivity index (χ4n) is 3.03. The molecule has 0 atom stereocenters. The fraction of sp³-hybridized carbons (Fsp3) is 0.333. The molecule has 0 bridgehead atoms. The Bertz CT molecular complexity index is 946. The summed E-state index contributed by atoms with van der Waals surface area (Å²) in [5.41, 5.74) is 5.12. The van der Waals surface area contributed by atoms with E-state index in [9.17, 15) is 4.79 Å². The zero-order valence-electron chi connectivity index (χ0n) is 13.9. The molecule has 4 nitrogen and oxygen atoms in total. The van der Waals surface area contributed by atoms with Crippen LogP contribution in [0, 0.1) is 0 Å². The normalized spacial score (nSPS) is 13.1. The Morgan fingerprint density at radius 3 is 2.67 bits per heavy atom. The van der Waals surface area contributed by atoms with Crippen LogP contribution in [0.15, 0.2) is 34.4 Å². The molecule has 2 heterocycles. The third kappa shape index (κ3) is 2.62. The number of thiazole rings is 1. The number of H-pyrrole nitrogens is 1.